The monoisotopic (exact) mass is 494 g/mol. The average Bonchev–Trinajstić information content (AvgIpc) is 2.92. The molecular weight excluding hydrogens is 464 g/mol. The van der Waals surface area contributed by atoms with Crippen LogP contribution in [0.4, 0.5) is 0 Å². The number of rotatable bonds is 8. The molecule has 0 aromatic heterocycles. The first-order valence-electron chi connectivity index (χ1n) is 12.5. The van der Waals surface area contributed by atoms with E-state index in [1.807, 2.05) is 92.7 Å². The number of aryl methyl sites for hydroxylation is 2. The number of benzene rings is 4. The molecule has 1 aliphatic carbocycles. The highest BCUT2D eigenvalue weighted by molar-refractivity contribution is 6.16. The van der Waals surface area contributed by atoms with Crippen molar-refractivity contribution in [3.05, 3.63) is 118 Å². The fourth-order valence-corrected chi connectivity index (χ4v) is 5.43. The maximum absolute atomic E-state index is 14.7. The molecule has 0 aliphatic heterocycles. The van der Waals surface area contributed by atoms with Gasteiger partial charge in [-0.1, -0.05) is 72.8 Å². The summed E-state index contributed by atoms with van der Waals surface area (Å²) in [5, 5.41) is 18.4. The molecule has 1 aliphatic rings. The normalized spacial score (nSPS) is 13.6. The van der Waals surface area contributed by atoms with Crippen molar-refractivity contribution in [2.75, 3.05) is 26.4 Å². The number of carbonyl (C=O) groups excluding carboxylic acids is 1. The average molecular weight is 495 g/mol. The van der Waals surface area contributed by atoms with Crippen molar-refractivity contribution in [1.82, 2.24) is 0 Å². The van der Waals surface area contributed by atoms with Crippen LogP contribution in [0.15, 0.2) is 84.9 Å². The van der Waals surface area contributed by atoms with Gasteiger partial charge in [-0.2, -0.15) is 0 Å². The summed E-state index contributed by atoms with van der Waals surface area (Å²) < 4.78 is 11.4. The summed E-state index contributed by atoms with van der Waals surface area (Å²) in [6.45, 7) is 4.17. The number of hydrogen-bond donors (Lipinski definition) is 2. The molecule has 0 radical (unpaired) electrons. The third-order valence-electron chi connectivity index (χ3n) is 7.05. The van der Waals surface area contributed by atoms with Gasteiger partial charge in [-0.15, -0.1) is 0 Å². The second-order valence-corrected chi connectivity index (χ2v) is 9.27. The van der Waals surface area contributed by atoms with E-state index in [1.54, 1.807) is 0 Å². The summed E-state index contributed by atoms with van der Waals surface area (Å²) in [4.78, 5) is 14.7. The summed E-state index contributed by atoms with van der Waals surface area (Å²) in [5.41, 5.74) is 5.91. The first-order valence-corrected chi connectivity index (χ1v) is 12.5. The molecule has 0 fully saturated rings. The summed E-state index contributed by atoms with van der Waals surface area (Å²) >= 11 is 0. The Morgan fingerprint density at radius 2 is 1.14 bits per heavy atom. The Hall–Kier alpha value is -3.93. The smallest absolute Gasteiger partial charge is 0.182 e. The molecule has 0 unspecified atom stereocenters. The zero-order valence-corrected chi connectivity index (χ0v) is 21.0. The van der Waals surface area contributed by atoms with Gasteiger partial charge in [0.15, 0.2) is 5.78 Å². The lowest BCUT2D eigenvalue weighted by molar-refractivity contribution is 0.0933. The Kier molecular flexibility index (Phi) is 6.83. The quantitative estimate of drug-likeness (QED) is 0.350. The van der Waals surface area contributed by atoms with Gasteiger partial charge in [-0.25, -0.2) is 0 Å². The molecule has 0 heterocycles. The van der Waals surface area contributed by atoms with Crippen LogP contribution in [0.5, 0.6) is 11.5 Å². The number of Topliss-reactive ketones (excluding diaryl/α,β-unsaturated/α-hetero) is 1. The van der Waals surface area contributed by atoms with E-state index in [9.17, 15) is 15.0 Å². The van der Waals surface area contributed by atoms with E-state index in [2.05, 4.69) is 6.07 Å². The molecule has 0 bridgehead atoms. The number of ether oxygens (including phenoxy) is 2. The van der Waals surface area contributed by atoms with Gasteiger partial charge in [0.25, 0.3) is 0 Å². The third kappa shape index (κ3) is 4.10. The molecule has 0 atom stereocenters. The van der Waals surface area contributed by atoms with E-state index in [1.165, 1.54) is 0 Å². The molecule has 5 nitrogen and oxygen atoms in total. The number of aliphatic hydroxyl groups excluding tert-OH is 2. The van der Waals surface area contributed by atoms with E-state index in [0.717, 1.165) is 38.9 Å². The number of carbonyl (C=O) groups is 1. The lowest BCUT2D eigenvalue weighted by atomic mass is 9.60. The predicted molar refractivity (Wildman–Crippen MR) is 144 cm³/mol. The Morgan fingerprint density at radius 3 is 1.65 bits per heavy atom. The number of ketones is 1. The number of hydrogen-bond acceptors (Lipinski definition) is 5. The van der Waals surface area contributed by atoms with E-state index >= 15 is 0 Å². The first kappa shape index (κ1) is 24.8. The maximum Gasteiger partial charge on any atom is 0.182 e. The van der Waals surface area contributed by atoms with E-state index < -0.39 is 5.41 Å². The van der Waals surface area contributed by atoms with Crippen LogP contribution in [-0.2, 0) is 5.41 Å². The Balaban J connectivity index is 1.80. The standard InChI is InChI=1S/C32H30O5/c1-21-19-23(11-13-29(21)36-17-15-33)32(24-12-14-30(22(2)20-24)37-18-16-34)28-10-6-5-8-26(28)25-7-3-4-9-27(25)31(32)35/h3-14,19-20,33-34H,15-18H2,1-2H3. The molecule has 0 amide bonds. The minimum absolute atomic E-state index is 0.00801. The largest absolute Gasteiger partial charge is 0.491 e. The summed E-state index contributed by atoms with van der Waals surface area (Å²) in [5.74, 6) is 1.36. The Bertz CT molecular complexity index is 1400. The molecule has 4 aromatic rings. The fraction of sp³-hybridized carbons (Fsp3) is 0.219. The van der Waals surface area contributed by atoms with Crippen LogP contribution in [0.25, 0.3) is 11.1 Å². The molecule has 0 saturated carbocycles. The van der Waals surface area contributed by atoms with Crippen molar-refractivity contribution in [3.8, 4) is 22.6 Å². The Labute approximate surface area is 216 Å². The van der Waals surface area contributed by atoms with Gasteiger partial charge in [0.2, 0.25) is 0 Å². The zero-order valence-electron chi connectivity index (χ0n) is 21.0. The lowest BCUT2D eigenvalue weighted by Gasteiger charge is -2.40. The summed E-state index contributed by atoms with van der Waals surface area (Å²) in [7, 11) is 0. The van der Waals surface area contributed by atoms with Gasteiger partial charge in [-0.3, -0.25) is 4.79 Å². The van der Waals surface area contributed by atoms with Gasteiger partial charge >= 0.3 is 0 Å². The molecule has 5 rings (SSSR count). The predicted octanol–water partition coefficient (Wildman–Crippen LogP) is 5.24. The minimum atomic E-state index is -1.09. The molecule has 0 spiro atoms. The third-order valence-corrected chi connectivity index (χ3v) is 7.05. The number of fused-ring (bicyclic) bond motifs is 3. The highest BCUT2D eigenvalue weighted by Crippen LogP contribution is 2.51. The molecule has 188 valence electrons. The highest BCUT2D eigenvalue weighted by atomic mass is 16.5. The van der Waals surface area contributed by atoms with E-state index in [-0.39, 0.29) is 32.2 Å². The van der Waals surface area contributed by atoms with Crippen LogP contribution >= 0.6 is 0 Å². The molecule has 2 N–H and O–H groups in total. The summed E-state index contributed by atoms with van der Waals surface area (Å²) in [6.07, 6.45) is 0. The van der Waals surface area contributed by atoms with Crippen molar-refractivity contribution in [3.63, 3.8) is 0 Å². The maximum atomic E-state index is 14.7. The van der Waals surface area contributed by atoms with Crippen LogP contribution in [0.1, 0.15) is 38.2 Å². The summed E-state index contributed by atoms with van der Waals surface area (Å²) in [6, 6.07) is 27.6. The van der Waals surface area contributed by atoms with Gasteiger partial charge in [-0.05, 0) is 64.9 Å². The SMILES string of the molecule is Cc1cc(C2(c3ccc(OCCO)c(C)c3)C(=O)c3ccccc3-c3ccccc32)ccc1OCCO. The van der Waals surface area contributed by atoms with E-state index in [0.29, 0.717) is 17.1 Å². The second-order valence-electron chi connectivity index (χ2n) is 9.27. The van der Waals surface area contributed by atoms with Crippen molar-refractivity contribution in [1.29, 1.82) is 0 Å². The van der Waals surface area contributed by atoms with Crippen LogP contribution in [0, 0.1) is 13.8 Å². The van der Waals surface area contributed by atoms with Crippen molar-refractivity contribution in [2.24, 2.45) is 0 Å². The fourth-order valence-electron chi connectivity index (χ4n) is 5.43. The van der Waals surface area contributed by atoms with Gasteiger partial charge in [0.05, 0.1) is 13.2 Å². The van der Waals surface area contributed by atoms with Crippen LogP contribution in [0.3, 0.4) is 0 Å². The first-order chi connectivity index (χ1) is 18.0. The van der Waals surface area contributed by atoms with Crippen molar-refractivity contribution in [2.45, 2.75) is 19.3 Å². The van der Waals surface area contributed by atoms with E-state index in [4.69, 9.17) is 9.47 Å². The van der Waals surface area contributed by atoms with Gasteiger partial charge in [0, 0.05) is 5.56 Å². The van der Waals surface area contributed by atoms with Crippen LogP contribution in [0.2, 0.25) is 0 Å². The lowest BCUT2D eigenvalue weighted by Crippen LogP contribution is -2.41. The molecule has 4 aromatic carbocycles. The van der Waals surface area contributed by atoms with Crippen LogP contribution in [-0.4, -0.2) is 42.4 Å². The molecular formula is C32H30O5. The topological polar surface area (TPSA) is 76.0 Å². The molecule has 0 saturated heterocycles. The molecule has 5 heteroatoms. The van der Waals surface area contributed by atoms with Gasteiger partial charge in [0.1, 0.15) is 30.1 Å². The zero-order chi connectivity index (χ0) is 26.0. The van der Waals surface area contributed by atoms with Crippen LogP contribution < -0.4 is 9.47 Å². The van der Waals surface area contributed by atoms with Gasteiger partial charge < -0.3 is 19.7 Å². The van der Waals surface area contributed by atoms with Crippen molar-refractivity contribution < 1.29 is 24.5 Å². The molecule has 37 heavy (non-hydrogen) atoms. The highest BCUT2D eigenvalue weighted by Gasteiger charge is 2.49. The number of aliphatic hydroxyl groups is 2. The van der Waals surface area contributed by atoms with Crippen molar-refractivity contribution >= 4 is 5.78 Å². The second kappa shape index (κ2) is 10.2. The minimum Gasteiger partial charge on any atom is -0.491 e. The Morgan fingerprint density at radius 1 is 0.649 bits per heavy atom.